The fourth-order valence-corrected chi connectivity index (χ4v) is 1.14. The molecule has 2 nitrogen and oxygen atoms in total. The standard InChI is InChI=1S/C8H14N2S/c1-8(2,3)10-6-7(11-4)5-9-10/h5-6H,1-4H3. The first-order chi connectivity index (χ1) is 5.04. The van der Waals surface area contributed by atoms with Crippen LogP contribution in [0.3, 0.4) is 0 Å². The summed E-state index contributed by atoms with van der Waals surface area (Å²) >= 11 is 1.72. The van der Waals surface area contributed by atoms with E-state index in [1.165, 1.54) is 4.90 Å². The van der Waals surface area contributed by atoms with Crippen molar-refractivity contribution in [2.45, 2.75) is 31.2 Å². The van der Waals surface area contributed by atoms with E-state index in [1.807, 2.05) is 10.9 Å². The highest BCUT2D eigenvalue weighted by molar-refractivity contribution is 7.98. The molecule has 0 radical (unpaired) electrons. The first-order valence-corrected chi connectivity index (χ1v) is 4.85. The van der Waals surface area contributed by atoms with E-state index in [0.717, 1.165) is 0 Å². The highest BCUT2D eigenvalue weighted by Gasteiger charge is 2.13. The molecular formula is C8H14N2S. The third kappa shape index (κ3) is 1.99. The van der Waals surface area contributed by atoms with Gasteiger partial charge in [-0.1, -0.05) is 0 Å². The van der Waals surface area contributed by atoms with Gasteiger partial charge in [-0.05, 0) is 27.0 Å². The summed E-state index contributed by atoms with van der Waals surface area (Å²) in [5.74, 6) is 0. The number of rotatable bonds is 1. The number of aromatic nitrogens is 2. The molecule has 0 bridgehead atoms. The van der Waals surface area contributed by atoms with E-state index >= 15 is 0 Å². The van der Waals surface area contributed by atoms with Crippen LogP contribution in [-0.4, -0.2) is 16.0 Å². The lowest BCUT2D eigenvalue weighted by atomic mass is 10.1. The van der Waals surface area contributed by atoms with Gasteiger partial charge in [0, 0.05) is 11.1 Å². The molecule has 0 aliphatic rings. The van der Waals surface area contributed by atoms with Crippen LogP contribution in [-0.2, 0) is 5.54 Å². The van der Waals surface area contributed by atoms with Gasteiger partial charge in [0.25, 0.3) is 0 Å². The Morgan fingerprint density at radius 3 is 2.36 bits per heavy atom. The van der Waals surface area contributed by atoms with E-state index in [9.17, 15) is 0 Å². The van der Waals surface area contributed by atoms with E-state index in [0.29, 0.717) is 0 Å². The Balaban J connectivity index is 2.89. The van der Waals surface area contributed by atoms with Crippen LogP contribution in [0.25, 0.3) is 0 Å². The molecule has 0 spiro atoms. The van der Waals surface area contributed by atoms with Gasteiger partial charge < -0.3 is 0 Å². The van der Waals surface area contributed by atoms with Crippen LogP contribution in [0.1, 0.15) is 20.8 Å². The first-order valence-electron chi connectivity index (χ1n) is 3.63. The van der Waals surface area contributed by atoms with Gasteiger partial charge >= 0.3 is 0 Å². The number of thioether (sulfide) groups is 1. The number of hydrogen-bond acceptors (Lipinski definition) is 2. The van der Waals surface area contributed by atoms with Crippen molar-refractivity contribution in [2.24, 2.45) is 0 Å². The van der Waals surface area contributed by atoms with Gasteiger partial charge in [-0.25, -0.2) is 0 Å². The summed E-state index contributed by atoms with van der Waals surface area (Å²) in [7, 11) is 0. The highest BCUT2D eigenvalue weighted by Crippen LogP contribution is 2.18. The number of hydrogen-bond donors (Lipinski definition) is 0. The second-order valence-corrected chi connectivity index (χ2v) is 4.38. The monoisotopic (exact) mass is 170 g/mol. The topological polar surface area (TPSA) is 17.8 Å². The zero-order chi connectivity index (χ0) is 8.48. The van der Waals surface area contributed by atoms with Crippen LogP contribution >= 0.6 is 11.8 Å². The lowest BCUT2D eigenvalue weighted by Gasteiger charge is -2.18. The Morgan fingerprint density at radius 1 is 1.45 bits per heavy atom. The minimum Gasteiger partial charge on any atom is -0.266 e. The predicted molar refractivity (Wildman–Crippen MR) is 49.0 cm³/mol. The SMILES string of the molecule is CSc1cnn(C(C)(C)C)c1. The molecule has 0 aliphatic carbocycles. The fraction of sp³-hybridized carbons (Fsp3) is 0.625. The van der Waals surface area contributed by atoms with Crippen LogP contribution < -0.4 is 0 Å². The molecule has 0 fully saturated rings. The van der Waals surface area contributed by atoms with Crippen molar-refractivity contribution in [2.75, 3.05) is 6.26 Å². The molecule has 1 aromatic heterocycles. The molecule has 0 saturated heterocycles. The minimum atomic E-state index is 0.105. The molecule has 0 aliphatic heterocycles. The lowest BCUT2D eigenvalue weighted by Crippen LogP contribution is -2.21. The van der Waals surface area contributed by atoms with E-state index in [4.69, 9.17) is 0 Å². The highest BCUT2D eigenvalue weighted by atomic mass is 32.2. The Morgan fingerprint density at radius 2 is 2.09 bits per heavy atom. The molecule has 1 rings (SSSR count). The average molecular weight is 170 g/mol. The van der Waals surface area contributed by atoms with E-state index < -0.39 is 0 Å². The zero-order valence-corrected chi connectivity index (χ0v) is 8.27. The second kappa shape index (κ2) is 2.89. The summed E-state index contributed by atoms with van der Waals surface area (Å²) in [6.07, 6.45) is 6.03. The van der Waals surface area contributed by atoms with Crippen molar-refractivity contribution in [3.8, 4) is 0 Å². The Kier molecular flexibility index (Phi) is 2.28. The van der Waals surface area contributed by atoms with Gasteiger partial charge in [-0.3, -0.25) is 4.68 Å². The van der Waals surface area contributed by atoms with E-state index in [1.54, 1.807) is 11.8 Å². The molecule has 11 heavy (non-hydrogen) atoms. The summed E-state index contributed by atoms with van der Waals surface area (Å²) in [5, 5.41) is 4.25. The quantitative estimate of drug-likeness (QED) is 0.602. The van der Waals surface area contributed by atoms with Crippen molar-refractivity contribution in [3.63, 3.8) is 0 Å². The van der Waals surface area contributed by atoms with Crippen molar-refractivity contribution < 1.29 is 0 Å². The van der Waals surface area contributed by atoms with Gasteiger partial charge in [0.1, 0.15) is 0 Å². The lowest BCUT2D eigenvalue weighted by molar-refractivity contribution is 0.355. The van der Waals surface area contributed by atoms with Crippen molar-refractivity contribution in [1.82, 2.24) is 9.78 Å². The molecule has 0 amide bonds. The third-order valence-electron chi connectivity index (χ3n) is 1.48. The van der Waals surface area contributed by atoms with Gasteiger partial charge in [0.15, 0.2) is 0 Å². The number of nitrogens with zero attached hydrogens (tertiary/aromatic N) is 2. The normalized spacial score (nSPS) is 12.0. The molecule has 0 N–H and O–H groups in total. The summed E-state index contributed by atoms with van der Waals surface area (Å²) in [5.41, 5.74) is 0.105. The molecule has 0 saturated carbocycles. The molecule has 0 atom stereocenters. The van der Waals surface area contributed by atoms with Crippen LogP contribution in [0.5, 0.6) is 0 Å². The predicted octanol–water partition coefficient (Wildman–Crippen LogP) is 2.36. The molecule has 1 aromatic rings. The largest absolute Gasteiger partial charge is 0.266 e. The molecule has 0 aromatic carbocycles. The van der Waals surface area contributed by atoms with Crippen LogP contribution in [0.15, 0.2) is 17.3 Å². The maximum atomic E-state index is 4.25. The third-order valence-corrected chi connectivity index (χ3v) is 2.16. The second-order valence-electron chi connectivity index (χ2n) is 3.50. The van der Waals surface area contributed by atoms with E-state index in [-0.39, 0.29) is 5.54 Å². The maximum Gasteiger partial charge on any atom is 0.0626 e. The maximum absolute atomic E-state index is 4.25. The average Bonchev–Trinajstić information content (AvgIpc) is 2.32. The molecule has 3 heteroatoms. The van der Waals surface area contributed by atoms with Gasteiger partial charge in [0.05, 0.1) is 11.7 Å². The Labute approximate surface area is 72.0 Å². The van der Waals surface area contributed by atoms with Crippen molar-refractivity contribution >= 4 is 11.8 Å². The molecule has 0 unspecified atom stereocenters. The van der Waals surface area contributed by atoms with E-state index in [2.05, 4.69) is 38.3 Å². The van der Waals surface area contributed by atoms with Crippen LogP contribution in [0.2, 0.25) is 0 Å². The minimum absolute atomic E-state index is 0.105. The summed E-state index contributed by atoms with van der Waals surface area (Å²) in [6.45, 7) is 6.43. The van der Waals surface area contributed by atoms with Crippen molar-refractivity contribution in [3.05, 3.63) is 12.4 Å². The first kappa shape index (κ1) is 8.65. The van der Waals surface area contributed by atoms with Crippen LogP contribution in [0.4, 0.5) is 0 Å². The summed E-state index contributed by atoms with van der Waals surface area (Å²) < 4.78 is 1.98. The Bertz CT molecular complexity index is 234. The van der Waals surface area contributed by atoms with Crippen molar-refractivity contribution in [1.29, 1.82) is 0 Å². The van der Waals surface area contributed by atoms with Gasteiger partial charge in [-0.2, -0.15) is 5.10 Å². The van der Waals surface area contributed by atoms with Crippen LogP contribution in [0, 0.1) is 0 Å². The smallest absolute Gasteiger partial charge is 0.0626 e. The molecule has 62 valence electrons. The zero-order valence-electron chi connectivity index (χ0n) is 7.46. The Hall–Kier alpha value is -0.440. The fourth-order valence-electron chi connectivity index (χ4n) is 0.779. The molecular weight excluding hydrogens is 156 g/mol. The summed E-state index contributed by atoms with van der Waals surface area (Å²) in [4.78, 5) is 1.22. The summed E-state index contributed by atoms with van der Waals surface area (Å²) in [6, 6.07) is 0. The van der Waals surface area contributed by atoms with Gasteiger partial charge in [-0.15, -0.1) is 11.8 Å². The molecule has 1 heterocycles. The van der Waals surface area contributed by atoms with Gasteiger partial charge in [0.2, 0.25) is 0 Å².